The minimum absolute atomic E-state index is 0.0682. The molecule has 0 fully saturated rings. The van der Waals surface area contributed by atoms with Crippen LogP contribution in [-0.2, 0) is 0 Å². The quantitative estimate of drug-likeness (QED) is 0.666. The highest BCUT2D eigenvalue weighted by Gasteiger charge is 2.09. The topological polar surface area (TPSA) is 37.3 Å². The molecule has 0 amide bonds. The van der Waals surface area contributed by atoms with Gasteiger partial charge in [0.2, 0.25) is 5.78 Å². The Kier molecular flexibility index (Phi) is 4.36. The number of ketones is 1. The van der Waals surface area contributed by atoms with Crippen LogP contribution < -0.4 is 0 Å². The van der Waals surface area contributed by atoms with Crippen molar-refractivity contribution in [2.45, 2.75) is 4.90 Å². The van der Waals surface area contributed by atoms with Gasteiger partial charge < -0.3 is 5.11 Å². The lowest BCUT2D eigenvalue weighted by atomic mass is 10.1. The molecule has 1 N–H and O–H groups in total. The van der Waals surface area contributed by atoms with Gasteiger partial charge in [-0.3, -0.25) is 4.79 Å². The Morgan fingerprint density at radius 1 is 1.24 bits per heavy atom. The van der Waals surface area contributed by atoms with Crippen LogP contribution in [-0.4, -0.2) is 23.2 Å². The van der Waals surface area contributed by atoms with E-state index >= 15 is 0 Å². The van der Waals surface area contributed by atoms with E-state index in [1.165, 1.54) is 11.3 Å². The summed E-state index contributed by atoms with van der Waals surface area (Å²) in [5.41, 5.74) is 0.709. The number of carbonyl (C=O) groups is 1. The Morgan fingerprint density at radius 3 is 2.59 bits per heavy atom. The molecule has 0 aliphatic carbocycles. The van der Waals surface area contributed by atoms with E-state index in [0.717, 1.165) is 9.77 Å². The molecule has 2 nitrogen and oxygen atoms in total. The van der Waals surface area contributed by atoms with Crippen LogP contribution in [0.25, 0.3) is 0 Å². The summed E-state index contributed by atoms with van der Waals surface area (Å²) < 4.78 is 0. The van der Waals surface area contributed by atoms with Crippen molar-refractivity contribution < 1.29 is 9.90 Å². The predicted molar refractivity (Wildman–Crippen MR) is 72.0 cm³/mol. The van der Waals surface area contributed by atoms with Crippen LogP contribution >= 0.6 is 23.1 Å². The number of benzene rings is 1. The van der Waals surface area contributed by atoms with E-state index < -0.39 is 0 Å². The third-order valence-corrected chi connectivity index (χ3v) is 4.08. The standard InChI is InChI=1S/C13H12O2S2/c14-7-9-16-11-5-3-10(4-6-11)13(15)12-2-1-8-17-12/h1-6,8,14H,7,9H2. The molecule has 0 saturated carbocycles. The first kappa shape index (κ1) is 12.4. The maximum absolute atomic E-state index is 12.0. The molecule has 2 rings (SSSR count). The third kappa shape index (κ3) is 3.19. The monoisotopic (exact) mass is 264 g/mol. The SMILES string of the molecule is O=C(c1ccc(SCCO)cc1)c1cccs1. The van der Waals surface area contributed by atoms with Gasteiger partial charge in [-0.15, -0.1) is 23.1 Å². The second kappa shape index (κ2) is 6.00. The second-order valence-electron chi connectivity index (χ2n) is 3.40. The Bertz CT molecular complexity index is 475. The fourth-order valence-corrected chi connectivity index (χ4v) is 2.76. The lowest BCUT2D eigenvalue weighted by Gasteiger charge is -2.01. The van der Waals surface area contributed by atoms with Crippen molar-refractivity contribution in [2.75, 3.05) is 12.4 Å². The Morgan fingerprint density at radius 2 is 2.00 bits per heavy atom. The van der Waals surface area contributed by atoms with Crippen LogP contribution in [0.2, 0.25) is 0 Å². The molecular weight excluding hydrogens is 252 g/mol. The van der Waals surface area contributed by atoms with Crippen LogP contribution in [0.15, 0.2) is 46.7 Å². The molecule has 1 aromatic heterocycles. The summed E-state index contributed by atoms with van der Waals surface area (Å²) in [6, 6.07) is 11.2. The van der Waals surface area contributed by atoms with Gasteiger partial charge in [0.15, 0.2) is 0 Å². The maximum Gasteiger partial charge on any atom is 0.202 e. The maximum atomic E-state index is 12.0. The van der Waals surface area contributed by atoms with E-state index in [-0.39, 0.29) is 12.4 Å². The molecule has 0 radical (unpaired) electrons. The predicted octanol–water partition coefficient (Wildman–Crippen LogP) is 3.06. The van der Waals surface area contributed by atoms with Crippen molar-refractivity contribution in [1.82, 2.24) is 0 Å². The molecular formula is C13H12O2S2. The van der Waals surface area contributed by atoms with Crippen LogP contribution in [0.3, 0.4) is 0 Å². The lowest BCUT2D eigenvalue weighted by Crippen LogP contribution is -1.97. The first-order valence-electron chi connectivity index (χ1n) is 5.23. The van der Waals surface area contributed by atoms with Gasteiger partial charge in [0.05, 0.1) is 11.5 Å². The summed E-state index contributed by atoms with van der Waals surface area (Å²) in [6.45, 7) is 0.167. The van der Waals surface area contributed by atoms with Crippen molar-refractivity contribution in [3.05, 3.63) is 52.2 Å². The van der Waals surface area contributed by atoms with Crippen molar-refractivity contribution >= 4 is 28.9 Å². The minimum Gasteiger partial charge on any atom is -0.396 e. The Hall–Kier alpha value is -1.10. The highest BCUT2D eigenvalue weighted by molar-refractivity contribution is 7.99. The fraction of sp³-hybridized carbons (Fsp3) is 0.154. The summed E-state index contributed by atoms with van der Waals surface area (Å²) in [4.78, 5) is 13.8. The smallest absolute Gasteiger partial charge is 0.202 e. The fourth-order valence-electron chi connectivity index (χ4n) is 1.42. The molecule has 2 aromatic rings. The van der Waals surface area contributed by atoms with E-state index in [9.17, 15) is 4.79 Å². The van der Waals surface area contributed by atoms with Gasteiger partial charge in [-0.2, -0.15) is 0 Å². The molecule has 0 aliphatic heterocycles. The van der Waals surface area contributed by atoms with Gasteiger partial charge in [-0.05, 0) is 35.7 Å². The molecule has 0 aliphatic rings. The van der Waals surface area contributed by atoms with Crippen molar-refractivity contribution in [2.24, 2.45) is 0 Å². The van der Waals surface area contributed by atoms with E-state index in [0.29, 0.717) is 11.3 Å². The molecule has 17 heavy (non-hydrogen) atoms. The third-order valence-electron chi connectivity index (χ3n) is 2.22. The van der Waals surface area contributed by atoms with E-state index in [4.69, 9.17) is 5.11 Å². The zero-order chi connectivity index (χ0) is 12.1. The number of hydrogen-bond acceptors (Lipinski definition) is 4. The number of thiophene rings is 1. The molecule has 4 heteroatoms. The zero-order valence-corrected chi connectivity index (χ0v) is 10.8. The van der Waals surface area contributed by atoms with Crippen molar-refractivity contribution in [3.63, 3.8) is 0 Å². The van der Waals surface area contributed by atoms with Gasteiger partial charge in [0.1, 0.15) is 0 Å². The van der Waals surface area contributed by atoms with Crippen molar-refractivity contribution in [3.8, 4) is 0 Å². The van der Waals surface area contributed by atoms with Crippen molar-refractivity contribution in [1.29, 1.82) is 0 Å². The minimum atomic E-state index is 0.0682. The first-order chi connectivity index (χ1) is 8.31. The van der Waals surface area contributed by atoms with Gasteiger partial charge >= 0.3 is 0 Å². The molecule has 0 spiro atoms. The number of aliphatic hydroxyl groups excluding tert-OH is 1. The van der Waals surface area contributed by atoms with Crippen LogP contribution in [0.1, 0.15) is 15.2 Å². The average molecular weight is 264 g/mol. The number of rotatable bonds is 5. The molecule has 88 valence electrons. The highest BCUT2D eigenvalue weighted by atomic mass is 32.2. The van der Waals surface area contributed by atoms with E-state index in [1.807, 2.05) is 41.8 Å². The second-order valence-corrected chi connectivity index (χ2v) is 5.52. The number of hydrogen-bond donors (Lipinski definition) is 1. The largest absolute Gasteiger partial charge is 0.396 e. The van der Waals surface area contributed by atoms with Gasteiger partial charge in [0.25, 0.3) is 0 Å². The Labute approximate surface area is 108 Å². The summed E-state index contributed by atoms with van der Waals surface area (Å²) in [7, 11) is 0. The number of aliphatic hydroxyl groups is 1. The van der Waals surface area contributed by atoms with E-state index in [1.54, 1.807) is 11.8 Å². The zero-order valence-electron chi connectivity index (χ0n) is 9.13. The van der Waals surface area contributed by atoms with Crippen LogP contribution in [0.4, 0.5) is 0 Å². The highest BCUT2D eigenvalue weighted by Crippen LogP contribution is 2.20. The molecule has 0 atom stereocenters. The lowest BCUT2D eigenvalue weighted by molar-refractivity contribution is 0.104. The molecule has 0 unspecified atom stereocenters. The summed E-state index contributed by atoms with van der Waals surface area (Å²) >= 11 is 3.04. The van der Waals surface area contributed by atoms with Crippen LogP contribution in [0, 0.1) is 0 Å². The Balaban J connectivity index is 2.10. The summed E-state index contributed by atoms with van der Waals surface area (Å²) in [5, 5.41) is 10.6. The normalized spacial score (nSPS) is 10.4. The van der Waals surface area contributed by atoms with Gasteiger partial charge in [-0.1, -0.05) is 6.07 Å². The average Bonchev–Trinajstić information content (AvgIpc) is 2.90. The number of thioether (sulfide) groups is 1. The molecule has 0 bridgehead atoms. The van der Waals surface area contributed by atoms with E-state index in [2.05, 4.69) is 0 Å². The van der Waals surface area contributed by atoms with Crippen LogP contribution in [0.5, 0.6) is 0 Å². The molecule has 1 aromatic carbocycles. The first-order valence-corrected chi connectivity index (χ1v) is 7.09. The molecule has 1 heterocycles. The molecule has 0 saturated heterocycles. The van der Waals surface area contributed by atoms with Gasteiger partial charge in [0, 0.05) is 16.2 Å². The summed E-state index contributed by atoms with van der Waals surface area (Å²) in [5.74, 6) is 0.747. The summed E-state index contributed by atoms with van der Waals surface area (Å²) in [6.07, 6.45) is 0. The number of carbonyl (C=O) groups excluding carboxylic acids is 1. The van der Waals surface area contributed by atoms with Gasteiger partial charge in [-0.25, -0.2) is 0 Å².